The molecule has 2 fully saturated rings. The number of nitrogens with two attached hydrogens (primary N) is 1. The number of hydrogen-bond donors (Lipinski definition) is 3. The predicted octanol–water partition coefficient (Wildman–Crippen LogP) is 3.75. The lowest BCUT2D eigenvalue weighted by Crippen LogP contribution is -2.53. The van der Waals surface area contributed by atoms with Gasteiger partial charge in [-0.25, -0.2) is 24.1 Å². The number of nitrogens with one attached hydrogen (secondary N) is 2. The monoisotopic (exact) mass is 443 g/mol. The van der Waals surface area contributed by atoms with Crippen LogP contribution in [0.1, 0.15) is 56.9 Å². The van der Waals surface area contributed by atoms with Gasteiger partial charge in [0.05, 0.1) is 11.5 Å². The summed E-state index contributed by atoms with van der Waals surface area (Å²) in [6.07, 6.45) is 9.58. The van der Waals surface area contributed by atoms with Crippen molar-refractivity contribution in [2.45, 2.75) is 61.8 Å². The highest BCUT2D eigenvalue weighted by Crippen LogP contribution is 2.41. The Balaban J connectivity index is 1.20. The van der Waals surface area contributed by atoms with Crippen molar-refractivity contribution in [3.8, 4) is 0 Å². The second kappa shape index (κ2) is 9.32. The van der Waals surface area contributed by atoms with Crippen LogP contribution in [0.15, 0.2) is 41.6 Å². The van der Waals surface area contributed by atoms with Crippen LogP contribution in [0.5, 0.6) is 0 Å². The van der Waals surface area contributed by atoms with E-state index in [2.05, 4.69) is 27.5 Å². The van der Waals surface area contributed by atoms with Gasteiger partial charge in [-0.05, 0) is 80.2 Å². The highest BCUT2D eigenvalue weighted by atomic mass is 32.2. The smallest absolute Gasteiger partial charge is 0.407 e. The van der Waals surface area contributed by atoms with Crippen molar-refractivity contribution in [2.75, 3.05) is 11.9 Å². The lowest BCUT2D eigenvalue weighted by Gasteiger charge is -2.41. The van der Waals surface area contributed by atoms with Crippen LogP contribution < -0.4 is 15.8 Å². The van der Waals surface area contributed by atoms with E-state index < -0.39 is 11.0 Å². The molecule has 1 heterocycles. The lowest BCUT2D eigenvalue weighted by atomic mass is 9.72. The van der Waals surface area contributed by atoms with Crippen LogP contribution in [0.2, 0.25) is 0 Å². The summed E-state index contributed by atoms with van der Waals surface area (Å²) in [6.45, 7) is 2.58. The van der Waals surface area contributed by atoms with E-state index in [1.807, 2.05) is 12.4 Å². The van der Waals surface area contributed by atoms with Crippen LogP contribution in [0.25, 0.3) is 0 Å². The molecule has 2 saturated carbocycles. The summed E-state index contributed by atoms with van der Waals surface area (Å²) in [4.78, 5) is 21.4. The van der Waals surface area contributed by atoms with Gasteiger partial charge in [0.15, 0.2) is 0 Å². The zero-order chi connectivity index (χ0) is 21.8. The first kappa shape index (κ1) is 21.7. The topological polar surface area (TPSA) is 119 Å². The largest absolute Gasteiger partial charge is 0.449 e. The Hall–Kier alpha value is -2.52. The number of amides is 1. The van der Waals surface area contributed by atoms with E-state index in [0.717, 1.165) is 43.4 Å². The quantitative estimate of drug-likeness (QED) is 0.572. The van der Waals surface area contributed by atoms with Crippen LogP contribution >= 0.6 is 0 Å². The first-order valence-electron chi connectivity index (χ1n) is 10.8. The molecule has 166 valence electrons. The van der Waals surface area contributed by atoms with Gasteiger partial charge in [-0.1, -0.05) is 6.92 Å². The second-order valence-electron chi connectivity index (χ2n) is 8.53. The van der Waals surface area contributed by atoms with Crippen LogP contribution in [0.3, 0.4) is 0 Å². The van der Waals surface area contributed by atoms with Gasteiger partial charge in [-0.15, -0.1) is 0 Å². The molecule has 1 unspecified atom stereocenters. The van der Waals surface area contributed by atoms with Gasteiger partial charge in [-0.2, -0.15) is 0 Å². The summed E-state index contributed by atoms with van der Waals surface area (Å²) in [7, 11) is -1.49. The minimum Gasteiger partial charge on any atom is -0.449 e. The number of alkyl carbamates (subject to hydrolysis) is 1. The summed E-state index contributed by atoms with van der Waals surface area (Å²) in [6, 6.07) is 6.99. The number of hydrogen-bond acceptors (Lipinski definition) is 6. The molecule has 1 amide bonds. The third-order valence-corrected chi connectivity index (χ3v) is 7.26. The molecule has 2 aliphatic carbocycles. The lowest BCUT2D eigenvalue weighted by molar-refractivity contribution is 0.0757. The van der Waals surface area contributed by atoms with Crippen LogP contribution in [-0.4, -0.2) is 32.4 Å². The second-order valence-corrected chi connectivity index (χ2v) is 9.60. The zero-order valence-corrected chi connectivity index (χ0v) is 18.5. The van der Waals surface area contributed by atoms with Gasteiger partial charge in [0.2, 0.25) is 5.95 Å². The van der Waals surface area contributed by atoms with E-state index in [9.17, 15) is 9.00 Å². The van der Waals surface area contributed by atoms with Gasteiger partial charge >= 0.3 is 6.09 Å². The average Bonchev–Trinajstić information content (AvgIpc) is 2.71. The van der Waals surface area contributed by atoms with Crippen LogP contribution in [0.4, 0.5) is 16.4 Å². The van der Waals surface area contributed by atoms with Crippen molar-refractivity contribution >= 4 is 28.7 Å². The Kier molecular flexibility index (Phi) is 6.52. The molecule has 0 saturated heterocycles. The molecule has 2 aromatic rings. The minimum absolute atomic E-state index is 0.0301. The molecule has 1 atom stereocenters. The van der Waals surface area contributed by atoms with Crippen molar-refractivity contribution < 1.29 is 13.7 Å². The highest BCUT2D eigenvalue weighted by Gasteiger charge is 2.37. The predicted molar refractivity (Wildman–Crippen MR) is 119 cm³/mol. The fourth-order valence-electron chi connectivity index (χ4n) is 4.18. The average molecular weight is 444 g/mol. The number of ether oxygens (including phenoxy) is 1. The molecule has 8 nitrogen and oxygen atoms in total. The zero-order valence-electron chi connectivity index (χ0n) is 17.7. The molecular weight excluding hydrogens is 414 g/mol. The maximum Gasteiger partial charge on any atom is 0.407 e. The molecule has 1 aromatic carbocycles. The molecule has 9 heteroatoms. The van der Waals surface area contributed by atoms with Crippen molar-refractivity contribution in [3.05, 3.63) is 42.2 Å². The molecule has 1 aromatic heterocycles. The maximum absolute atomic E-state index is 12.1. The number of carbonyl (C=O) groups is 1. The first-order chi connectivity index (χ1) is 15.0. The summed E-state index contributed by atoms with van der Waals surface area (Å²) >= 11 is 0. The Labute approximate surface area is 185 Å². The Morgan fingerprint density at radius 2 is 1.90 bits per heavy atom. The van der Waals surface area contributed by atoms with E-state index >= 15 is 0 Å². The Morgan fingerprint density at radius 1 is 1.23 bits per heavy atom. The minimum atomic E-state index is -1.49. The Bertz CT molecular complexity index is 920. The molecule has 4 rings (SSSR count). The van der Waals surface area contributed by atoms with Gasteiger partial charge in [-0.3, -0.25) is 0 Å². The number of rotatable bonds is 8. The molecular formula is C22H29N5O3S. The third kappa shape index (κ3) is 5.22. The van der Waals surface area contributed by atoms with Crippen molar-refractivity contribution in [2.24, 2.45) is 11.1 Å². The fourth-order valence-corrected chi connectivity index (χ4v) is 4.58. The van der Waals surface area contributed by atoms with Crippen molar-refractivity contribution in [1.29, 1.82) is 0 Å². The standard InChI is InChI=1S/C22H29N5O3S/c1-2-22(8-3-9-22)27-21(28)30-14-15-10-16(11-15)17-12-24-20(25-13-17)26-18-4-6-19(7-5-18)31(23)29/h4-7,12-13,15-16H,2-3,8-11,14,23H2,1H3,(H,27,28)(H,24,25,26). The van der Waals surface area contributed by atoms with E-state index in [1.54, 1.807) is 24.3 Å². The molecule has 0 spiro atoms. The molecule has 4 N–H and O–H groups in total. The summed E-state index contributed by atoms with van der Waals surface area (Å²) in [5.74, 6) is 1.29. The van der Waals surface area contributed by atoms with Crippen molar-refractivity contribution in [3.63, 3.8) is 0 Å². The van der Waals surface area contributed by atoms with Gasteiger partial charge in [0.25, 0.3) is 0 Å². The van der Waals surface area contributed by atoms with Gasteiger partial charge in [0.1, 0.15) is 11.0 Å². The normalized spacial score (nSPS) is 22.5. The number of benzene rings is 1. The summed E-state index contributed by atoms with van der Waals surface area (Å²) in [5.41, 5.74) is 1.87. The van der Waals surface area contributed by atoms with E-state index in [-0.39, 0.29) is 11.6 Å². The third-order valence-electron chi connectivity index (χ3n) is 6.53. The molecule has 31 heavy (non-hydrogen) atoms. The number of anilines is 2. The molecule has 0 radical (unpaired) electrons. The van der Waals surface area contributed by atoms with Crippen LogP contribution in [0, 0.1) is 5.92 Å². The molecule has 0 aliphatic heterocycles. The number of aromatic nitrogens is 2. The van der Waals surface area contributed by atoms with E-state index in [0.29, 0.717) is 29.3 Å². The number of carbonyl (C=O) groups excluding carboxylic acids is 1. The fraction of sp³-hybridized carbons (Fsp3) is 0.500. The Morgan fingerprint density at radius 3 is 2.45 bits per heavy atom. The maximum atomic E-state index is 12.1. The van der Waals surface area contributed by atoms with Gasteiger partial charge in [0, 0.05) is 23.6 Å². The summed E-state index contributed by atoms with van der Waals surface area (Å²) < 4.78 is 16.7. The van der Waals surface area contributed by atoms with E-state index in [4.69, 9.17) is 9.88 Å². The van der Waals surface area contributed by atoms with E-state index in [1.165, 1.54) is 6.42 Å². The van der Waals surface area contributed by atoms with Crippen LogP contribution in [-0.2, 0) is 15.7 Å². The van der Waals surface area contributed by atoms with Crippen molar-refractivity contribution in [1.82, 2.24) is 15.3 Å². The first-order valence-corrected chi connectivity index (χ1v) is 12.0. The summed E-state index contributed by atoms with van der Waals surface area (Å²) in [5, 5.41) is 11.5. The SMILES string of the molecule is CCC1(NC(=O)OCC2CC(c3cnc(Nc4ccc(S(N)=O)cc4)nc3)C2)CCC1. The number of nitrogens with zero attached hydrogens (tertiary/aromatic N) is 2. The van der Waals surface area contributed by atoms with Gasteiger partial charge < -0.3 is 15.4 Å². The molecule has 2 aliphatic rings. The highest BCUT2D eigenvalue weighted by molar-refractivity contribution is 7.82. The molecule has 0 bridgehead atoms.